The van der Waals surface area contributed by atoms with Crippen molar-refractivity contribution in [2.75, 3.05) is 16.8 Å². The standard InChI is InChI=1S/C21H17N5O/c22-12-15-5-7-18(8-6-15)25-21(27)19-11-20(24-14-23-19)26-10-9-16-3-1-2-4-17(16)13-26/h1-8,11,14H,9-10,13H2,(H,25,27). The van der Waals surface area contributed by atoms with Crippen LogP contribution in [0.2, 0.25) is 0 Å². The molecule has 1 aliphatic rings. The van der Waals surface area contributed by atoms with Crippen LogP contribution >= 0.6 is 0 Å². The minimum atomic E-state index is -0.305. The van der Waals surface area contributed by atoms with Crippen molar-refractivity contribution in [1.29, 1.82) is 5.26 Å². The second-order valence-corrected chi connectivity index (χ2v) is 6.34. The predicted molar refractivity (Wildman–Crippen MR) is 102 cm³/mol. The van der Waals surface area contributed by atoms with Gasteiger partial charge >= 0.3 is 0 Å². The molecule has 0 bridgehead atoms. The fourth-order valence-electron chi connectivity index (χ4n) is 3.16. The number of amides is 1. The van der Waals surface area contributed by atoms with E-state index in [0.29, 0.717) is 16.9 Å². The van der Waals surface area contributed by atoms with Crippen LogP contribution in [-0.2, 0) is 13.0 Å². The number of carbonyl (C=O) groups is 1. The fraction of sp³-hybridized carbons (Fsp3) is 0.143. The van der Waals surface area contributed by atoms with Gasteiger partial charge in [0.1, 0.15) is 17.8 Å². The molecule has 2 heterocycles. The van der Waals surface area contributed by atoms with Crippen molar-refractivity contribution in [1.82, 2.24) is 9.97 Å². The summed E-state index contributed by atoms with van der Waals surface area (Å²) in [5.41, 5.74) is 4.12. The monoisotopic (exact) mass is 355 g/mol. The zero-order valence-electron chi connectivity index (χ0n) is 14.6. The highest BCUT2D eigenvalue weighted by Gasteiger charge is 2.18. The summed E-state index contributed by atoms with van der Waals surface area (Å²) < 4.78 is 0. The minimum absolute atomic E-state index is 0.305. The van der Waals surface area contributed by atoms with Crippen LogP contribution in [0.4, 0.5) is 11.5 Å². The van der Waals surface area contributed by atoms with Crippen LogP contribution in [0.25, 0.3) is 0 Å². The third kappa shape index (κ3) is 3.62. The Morgan fingerprint density at radius 2 is 1.85 bits per heavy atom. The molecule has 0 atom stereocenters. The van der Waals surface area contributed by atoms with Gasteiger partial charge < -0.3 is 10.2 Å². The third-order valence-electron chi connectivity index (χ3n) is 4.61. The summed E-state index contributed by atoms with van der Waals surface area (Å²) in [6, 6.07) is 18.9. The van der Waals surface area contributed by atoms with Gasteiger partial charge in [-0.1, -0.05) is 24.3 Å². The quantitative estimate of drug-likeness (QED) is 0.780. The smallest absolute Gasteiger partial charge is 0.274 e. The van der Waals surface area contributed by atoms with E-state index in [2.05, 4.69) is 44.5 Å². The highest BCUT2D eigenvalue weighted by Crippen LogP contribution is 2.23. The normalized spacial score (nSPS) is 12.8. The van der Waals surface area contributed by atoms with E-state index in [1.165, 1.54) is 17.5 Å². The lowest BCUT2D eigenvalue weighted by molar-refractivity contribution is 0.102. The molecule has 3 aromatic rings. The van der Waals surface area contributed by atoms with Gasteiger partial charge in [-0.25, -0.2) is 9.97 Å². The Hall–Kier alpha value is -3.72. The predicted octanol–water partition coefficient (Wildman–Crippen LogP) is 3.16. The molecule has 2 aromatic carbocycles. The van der Waals surface area contributed by atoms with Crippen LogP contribution in [0, 0.1) is 11.3 Å². The van der Waals surface area contributed by atoms with Gasteiger partial charge in [-0.3, -0.25) is 4.79 Å². The van der Waals surface area contributed by atoms with Crippen molar-refractivity contribution < 1.29 is 4.79 Å². The van der Waals surface area contributed by atoms with Gasteiger partial charge in [0.05, 0.1) is 11.6 Å². The Bertz CT molecular complexity index is 1020. The van der Waals surface area contributed by atoms with Crippen LogP contribution < -0.4 is 10.2 Å². The summed E-state index contributed by atoms with van der Waals surface area (Å²) in [6.07, 6.45) is 2.37. The SMILES string of the molecule is N#Cc1ccc(NC(=O)c2cc(N3CCc4ccccc4C3)ncn2)cc1. The lowest BCUT2D eigenvalue weighted by Crippen LogP contribution is -2.31. The van der Waals surface area contributed by atoms with E-state index in [-0.39, 0.29) is 5.91 Å². The Balaban J connectivity index is 1.50. The van der Waals surface area contributed by atoms with Crippen LogP contribution in [0.15, 0.2) is 60.9 Å². The molecule has 0 spiro atoms. The van der Waals surface area contributed by atoms with Crippen LogP contribution in [-0.4, -0.2) is 22.4 Å². The molecule has 0 aliphatic carbocycles. The molecule has 1 amide bonds. The second kappa shape index (κ2) is 7.26. The molecule has 0 radical (unpaired) electrons. The molecular formula is C21H17N5O. The van der Waals surface area contributed by atoms with Crippen molar-refractivity contribution in [3.05, 3.63) is 83.3 Å². The van der Waals surface area contributed by atoms with Gasteiger partial charge in [0.25, 0.3) is 5.91 Å². The van der Waals surface area contributed by atoms with E-state index >= 15 is 0 Å². The lowest BCUT2D eigenvalue weighted by Gasteiger charge is -2.29. The zero-order chi connectivity index (χ0) is 18.6. The van der Waals surface area contributed by atoms with Crippen LogP contribution in [0.5, 0.6) is 0 Å². The van der Waals surface area contributed by atoms with Gasteiger partial charge in [-0.2, -0.15) is 5.26 Å². The maximum Gasteiger partial charge on any atom is 0.274 e. The minimum Gasteiger partial charge on any atom is -0.352 e. The molecule has 1 aliphatic heterocycles. The number of hydrogen-bond acceptors (Lipinski definition) is 5. The summed E-state index contributed by atoms with van der Waals surface area (Å²) >= 11 is 0. The maximum absolute atomic E-state index is 12.5. The topological polar surface area (TPSA) is 81.9 Å². The van der Waals surface area contributed by atoms with Gasteiger partial charge in [0, 0.05) is 24.8 Å². The third-order valence-corrected chi connectivity index (χ3v) is 4.61. The van der Waals surface area contributed by atoms with E-state index in [9.17, 15) is 4.79 Å². The Kier molecular flexibility index (Phi) is 4.50. The number of nitrogens with one attached hydrogen (secondary N) is 1. The number of nitriles is 1. The Morgan fingerprint density at radius 3 is 2.63 bits per heavy atom. The second-order valence-electron chi connectivity index (χ2n) is 6.34. The van der Waals surface area contributed by atoms with E-state index in [0.717, 1.165) is 25.3 Å². The summed E-state index contributed by atoms with van der Waals surface area (Å²) in [5.74, 6) is 0.435. The van der Waals surface area contributed by atoms with Crippen LogP contribution in [0.3, 0.4) is 0 Å². The molecule has 0 unspecified atom stereocenters. The van der Waals surface area contributed by atoms with Crippen molar-refractivity contribution in [2.24, 2.45) is 0 Å². The Morgan fingerprint density at radius 1 is 1.07 bits per heavy atom. The van der Waals surface area contributed by atoms with E-state index in [4.69, 9.17) is 5.26 Å². The number of carbonyl (C=O) groups excluding carboxylic acids is 1. The fourth-order valence-corrected chi connectivity index (χ4v) is 3.16. The van der Waals surface area contributed by atoms with Crippen molar-refractivity contribution in [2.45, 2.75) is 13.0 Å². The van der Waals surface area contributed by atoms with Gasteiger partial charge in [-0.15, -0.1) is 0 Å². The van der Waals surface area contributed by atoms with Crippen molar-refractivity contribution in [3.8, 4) is 6.07 Å². The summed E-state index contributed by atoms with van der Waals surface area (Å²) in [5, 5.41) is 11.6. The first-order valence-corrected chi connectivity index (χ1v) is 8.68. The van der Waals surface area contributed by atoms with Gasteiger partial charge in [0.2, 0.25) is 0 Å². The zero-order valence-corrected chi connectivity index (χ0v) is 14.6. The average Bonchev–Trinajstić information content (AvgIpc) is 2.74. The molecule has 0 saturated carbocycles. The Labute approximate surface area is 157 Å². The first-order chi connectivity index (χ1) is 13.2. The largest absolute Gasteiger partial charge is 0.352 e. The molecule has 0 fully saturated rings. The highest BCUT2D eigenvalue weighted by molar-refractivity contribution is 6.03. The molecule has 132 valence electrons. The van der Waals surface area contributed by atoms with Crippen LogP contribution in [0.1, 0.15) is 27.2 Å². The molecule has 27 heavy (non-hydrogen) atoms. The van der Waals surface area contributed by atoms with Gasteiger partial charge in [0.15, 0.2) is 0 Å². The van der Waals surface area contributed by atoms with E-state index in [1.54, 1.807) is 30.3 Å². The molecule has 6 heteroatoms. The van der Waals surface area contributed by atoms with E-state index < -0.39 is 0 Å². The number of rotatable bonds is 3. The number of hydrogen-bond donors (Lipinski definition) is 1. The molecule has 4 rings (SSSR count). The average molecular weight is 355 g/mol. The molecule has 1 N–H and O–H groups in total. The number of nitrogens with zero attached hydrogens (tertiary/aromatic N) is 4. The molecule has 1 aromatic heterocycles. The van der Waals surface area contributed by atoms with Crippen molar-refractivity contribution in [3.63, 3.8) is 0 Å². The molecule has 6 nitrogen and oxygen atoms in total. The molecule has 0 saturated heterocycles. The maximum atomic E-state index is 12.5. The first kappa shape index (κ1) is 16.7. The molecular weight excluding hydrogens is 338 g/mol. The van der Waals surface area contributed by atoms with E-state index in [1.807, 2.05) is 6.07 Å². The summed E-state index contributed by atoms with van der Waals surface area (Å²) in [6.45, 7) is 1.62. The number of aromatic nitrogens is 2. The first-order valence-electron chi connectivity index (χ1n) is 8.68. The number of fused-ring (bicyclic) bond motifs is 1. The number of benzene rings is 2. The van der Waals surface area contributed by atoms with Crippen molar-refractivity contribution >= 4 is 17.4 Å². The highest BCUT2D eigenvalue weighted by atomic mass is 16.1. The lowest BCUT2D eigenvalue weighted by atomic mass is 10.00. The number of anilines is 2. The summed E-state index contributed by atoms with van der Waals surface area (Å²) in [4.78, 5) is 23.1. The van der Waals surface area contributed by atoms with Gasteiger partial charge in [-0.05, 0) is 41.8 Å². The summed E-state index contributed by atoms with van der Waals surface area (Å²) in [7, 11) is 0.